The Balaban J connectivity index is 2.64. The van der Waals surface area contributed by atoms with Crippen LogP contribution in [0.3, 0.4) is 0 Å². The molecule has 0 saturated heterocycles. The summed E-state index contributed by atoms with van der Waals surface area (Å²) in [4.78, 5) is 23.3. The Morgan fingerprint density at radius 2 is 1.73 bits per heavy atom. The third-order valence-corrected chi connectivity index (χ3v) is 3.85. The molecule has 0 radical (unpaired) electrons. The highest BCUT2D eigenvalue weighted by Crippen LogP contribution is 2.39. The van der Waals surface area contributed by atoms with Gasteiger partial charge < -0.3 is 19.5 Å². The molecule has 26 heavy (non-hydrogen) atoms. The smallest absolute Gasteiger partial charge is 0.303 e. The number of carbonyl (C=O) groups excluding carboxylic acids is 2. The minimum Gasteiger partial charge on any atom is -0.497 e. The van der Waals surface area contributed by atoms with E-state index in [-0.39, 0.29) is 5.91 Å². The van der Waals surface area contributed by atoms with Crippen molar-refractivity contribution in [1.82, 2.24) is 0 Å². The summed E-state index contributed by atoms with van der Waals surface area (Å²) in [7, 11) is 3.06. The maximum absolute atomic E-state index is 11.7. The number of benzene rings is 2. The van der Waals surface area contributed by atoms with Gasteiger partial charge >= 0.3 is 5.97 Å². The maximum Gasteiger partial charge on any atom is 0.303 e. The van der Waals surface area contributed by atoms with Gasteiger partial charge in [0, 0.05) is 41.8 Å². The van der Waals surface area contributed by atoms with E-state index in [1.807, 2.05) is 0 Å². The molecule has 0 heterocycles. The SMILES string of the molecule is COc1ccc(C(OC(C)=O)c2cc(Cl)ccc2NC(C)=O)c(OC)c1. The summed E-state index contributed by atoms with van der Waals surface area (Å²) in [6.07, 6.45) is -0.825. The Morgan fingerprint density at radius 1 is 1.00 bits per heavy atom. The van der Waals surface area contributed by atoms with Crippen molar-refractivity contribution >= 4 is 29.2 Å². The minimum atomic E-state index is -0.825. The highest BCUT2D eigenvalue weighted by molar-refractivity contribution is 6.30. The lowest BCUT2D eigenvalue weighted by Crippen LogP contribution is -2.15. The average Bonchev–Trinajstić information content (AvgIpc) is 2.60. The molecule has 6 nitrogen and oxygen atoms in total. The van der Waals surface area contributed by atoms with E-state index in [4.69, 9.17) is 25.8 Å². The highest BCUT2D eigenvalue weighted by atomic mass is 35.5. The quantitative estimate of drug-likeness (QED) is 0.771. The van der Waals surface area contributed by atoms with Crippen molar-refractivity contribution in [3.8, 4) is 11.5 Å². The lowest BCUT2D eigenvalue weighted by Gasteiger charge is -2.23. The van der Waals surface area contributed by atoms with Crippen LogP contribution in [-0.2, 0) is 14.3 Å². The lowest BCUT2D eigenvalue weighted by molar-refractivity contribution is -0.144. The van der Waals surface area contributed by atoms with Crippen LogP contribution in [0, 0.1) is 0 Å². The fraction of sp³-hybridized carbons (Fsp3) is 0.263. The number of carbonyl (C=O) groups is 2. The van der Waals surface area contributed by atoms with Gasteiger partial charge in [-0.3, -0.25) is 9.59 Å². The van der Waals surface area contributed by atoms with Crippen molar-refractivity contribution in [3.63, 3.8) is 0 Å². The molecule has 7 heteroatoms. The molecule has 1 atom stereocenters. The van der Waals surface area contributed by atoms with E-state index in [1.54, 1.807) is 43.5 Å². The Kier molecular flexibility index (Phi) is 6.46. The Morgan fingerprint density at radius 3 is 2.31 bits per heavy atom. The van der Waals surface area contributed by atoms with Crippen LogP contribution in [0.5, 0.6) is 11.5 Å². The van der Waals surface area contributed by atoms with Gasteiger partial charge in [-0.25, -0.2) is 0 Å². The molecule has 1 amide bonds. The fourth-order valence-electron chi connectivity index (χ4n) is 2.55. The fourth-order valence-corrected chi connectivity index (χ4v) is 2.73. The zero-order valence-electron chi connectivity index (χ0n) is 15.0. The molecule has 1 N–H and O–H groups in total. The van der Waals surface area contributed by atoms with Crippen LogP contribution >= 0.6 is 11.6 Å². The molecule has 0 fully saturated rings. The standard InChI is InChI=1S/C19H20ClNO5/c1-11(22)21-17-8-5-13(20)9-16(17)19(26-12(2)23)15-7-6-14(24-3)10-18(15)25-4/h5-10,19H,1-4H3,(H,21,22). The van der Waals surface area contributed by atoms with Gasteiger partial charge in [0.05, 0.1) is 14.2 Å². The first-order valence-electron chi connectivity index (χ1n) is 7.82. The third kappa shape index (κ3) is 4.67. The zero-order chi connectivity index (χ0) is 19.3. The van der Waals surface area contributed by atoms with E-state index >= 15 is 0 Å². The Bertz CT molecular complexity index is 822. The molecule has 0 saturated carbocycles. The van der Waals surface area contributed by atoms with Gasteiger partial charge in [0.1, 0.15) is 11.5 Å². The first kappa shape index (κ1) is 19.6. The molecule has 0 bridgehead atoms. The van der Waals surface area contributed by atoms with Crippen LogP contribution in [0.25, 0.3) is 0 Å². The second-order valence-electron chi connectivity index (χ2n) is 5.51. The number of anilines is 1. The van der Waals surface area contributed by atoms with Crippen LogP contribution in [0.4, 0.5) is 5.69 Å². The van der Waals surface area contributed by atoms with Crippen molar-refractivity contribution in [3.05, 3.63) is 52.5 Å². The van der Waals surface area contributed by atoms with Gasteiger partial charge in [-0.05, 0) is 30.3 Å². The van der Waals surface area contributed by atoms with E-state index in [2.05, 4.69) is 5.32 Å². The first-order valence-corrected chi connectivity index (χ1v) is 8.19. The summed E-state index contributed by atoms with van der Waals surface area (Å²) < 4.78 is 16.2. The summed E-state index contributed by atoms with van der Waals surface area (Å²) in [6, 6.07) is 10.1. The Hall–Kier alpha value is -2.73. The van der Waals surface area contributed by atoms with Crippen molar-refractivity contribution in [2.45, 2.75) is 20.0 Å². The van der Waals surface area contributed by atoms with Crippen LogP contribution < -0.4 is 14.8 Å². The number of methoxy groups -OCH3 is 2. The maximum atomic E-state index is 11.7. The van der Waals surface area contributed by atoms with E-state index in [1.165, 1.54) is 21.0 Å². The van der Waals surface area contributed by atoms with Crippen LogP contribution in [-0.4, -0.2) is 26.1 Å². The van der Waals surface area contributed by atoms with Crippen LogP contribution in [0.2, 0.25) is 5.02 Å². The summed E-state index contributed by atoms with van der Waals surface area (Å²) >= 11 is 6.14. The van der Waals surface area contributed by atoms with Crippen LogP contribution in [0.1, 0.15) is 31.1 Å². The van der Waals surface area contributed by atoms with Gasteiger partial charge in [0.2, 0.25) is 5.91 Å². The summed E-state index contributed by atoms with van der Waals surface area (Å²) in [5.74, 6) is 0.336. The second kappa shape index (κ2) is 8.58. The topological polar surface area (TPSA) is 73.9 Å². The van der Waals surface area contributed by atoms with Gasteiger partial charge in [0.25, 0.3) is 0 Å². The van der Waals surface area contributed by atoms with Gasteiger partial charge in [0.15, 0.2) is 6.10 Å². The first-order chi connectivity index (χ1) is 12.3. The van der Waals surface area contributed by atoms with E-state index < -0.39 is 12.1 Å². The van der Waals surface area contributed by atoms with Crippen LogP contribution in [0.15, 0.2) is 36.4 Å². The van der Waals surface area contributed by atoms with Gasteiger partial charge in [-0.15, -0.1) is 0 Å². The average molecular weight is 378 g/mol. The molecule has 0 aliphatic rings. The number of halogens is 1. The van der Waals surface area contributed by atoms with Gasteiger partial charge in [-0.1, -0.05) is 11.6 Å². The van der Waals surface area contributed by atoms with Crippen molar-refractivity contribution in [1.29, 1.82) is 0 Å². The molecule has 0 aliphatic carbocycles. The van der Waals surface area contributed by atoms with Crippen molar-refractivity contribution < 1.29 is 23.8 Å². The lowest BCUT2D eigenvalue weighted by atomic mass is 9.98. The Labute approximate surface area is 157 Å². The normalized spacial score (nSPS) is 11.4. The molecule has 0 spiro atoms. The highest BCUT2D eigenvalue weighted by Gasteiger charge is 2.25. The summed E-state index contributed by atoms with van der Waals surface area (Å²) in [5.41, 5.74) is 1.62. The predicted molar refractivity (Wildman–Crippen MR) is 98.9 cm³/mol. The van der Waals surface area contributed by atoms with E-state index in [0.717, 1.165) is 0 Å². The number of rotatable bonds is 6. The summed E-state index contributed by atoms with van der Waals surface area (Å²) in [5, 5.41) is 3.17. The molecule has 2 aromatic carbocycles. The third-order valence-electron chi connectivity index (χ3n) is 3.61. The van der Waals surface area contributed by atoms with Crippen molar-refractivity contribution in [2.24, 2.45) is 0 Å². The number of ether oxygens (including phenoxy) is 3. The second-order valence-corrected chi connectivity index (χ2v) is 5.95. The van der Waals surface area contributed by atoms with E-state index in [9.17, 15) is 9.59 Å². The molecular formula is C19H20ClNO5. The molecule has 0 aliphatic heterocycles. The molecule has 138 valence electrons. The number of nitrogens with one attached hydrogen (secondary N) is 1. The molecule has 0 aromatic heterocycles. The monoisotopic (exact) mass is 377 g/mol. The predicted octanol–water partition coefficient (Wildman–Crippen LogP) is 3.97. The number of hydrogen-bond acceptors (Lipinski definition) is 5. The van der Waals surface area contributed by atoms with Gasteiger partial charge in [-0.2, -0.15) is 0 Å². The van der Waals surface area contributed by atoms with E-state index in [0.29, 0.717) is 33.3 Å². The molecule has 2 rings (SSSR count). The number of hydrogen-bond donors (Lipinski definition) is 1. The zero-order valence-corrected chi connectivity index (χ0v) is 15.7. The molecule has 2 aromatic rings. The van der Waals surface area contributed by atoms with Crippen molar-refractivity contribution in [2.75, 3.05) is 19.5 Å². The molecular weight excluding hydrogens is 358 g/mol. The number of esters is 1. The minimum absolute atomic E-state index is 0.253. The number of amides is 1. The molecule has 1 unspecified atom stereocenters. The summed E-state index contributed by atoms with van der Waals surface area (Å²) in [6.45, 7) is 2.71. The largest absolute Gasteiger partial charge is 0.497 e.